The monoisotopic (exact) mass is 557 g/mol. The summed E-state index contributed by atoms with van der Waals surface area (Å²) in [6.07, 6.45) is -0.597. The number of aliphatic hydroxyl groups excluding tert-OH is 1. The van der Waals surface area contributed by atoms with E-state index >= 15 is 0 Å². The molecule has 1 saturated heterocycles. The second-order valence-corrected chi connectivity index (χ2v) is 9.68. The molecule has 10 N–H and O–H groups in total. The van der Waals surface area contributed by atoms with Gasteiger partial charge in [-0.1, -0.05) is 13.8 Å². The van der Waals surface area contributed by atoms with Gasteiger partial charge in [-0.25, -0.2) is 4.79 Å². The highest BCUT2D eigenvalue weighted by Gasteiger charge is 2.32. The molecule has 6 amide bonds. The van der Waals surface area contributed by atoms with Gasteiger partial charge in [0.15, 0.2) is 0 Å². The Balaban J connectivity index is 2.71. The van der Waals surface area contributed by atoms with E-state index in [1.54, 1.807) is 13.8 Å². The van der Waals surface area contributed by atoms with Crippen LogP contribution >= 0.6 is 0 Å². The Labute approximate surface area is 225 Å². The number of carbonyl (C=O) groups is 7. The number of nitrogens with one attached hydrogen (secondary N) is 6. The van der Waals surface area contributed by atoms with Crippen LogP contribution in [0.1, 0.15) is 47.0 Å². The Bertz CT molecular complexity index is 935. The summed E-state index contributed by atoms with van der Waals surface area (Å²) < 4.78 is 0. The Hall–Kier alpha value is -3.79. The lowest BCUT2D eigenvalue weighted by Gasteiger charge is -2.25. The van der Waals surface area contributed by atoms with Gasteiger partial charge in [0.1, 0.15) is 24.2 Å². The zero-order valence-electron chi connectivity index (χ0n) is 22.4. The number of aliphatic hydroxyl groups is 1. The SMILES string of the molecule is CC(C)[C@H](NC(=O)[C@H](C)NC(=O)[C@@H](NC(=O)CNC(=O)[C@H](CC(N)=O)NC(=O)[C@@H]1CCCN1)[C@@H](C)O)C(=O)O. The molecule has 6 atom stereocenters. The first kappa shape index (κ1) is 33.2. The third-order valence-electron chi connectivity index (χ3n) is 5.90. The summed E-state index contributed by atoms with van der Waals surface area (Å²) in [4.78, 5) is 84.9. The summed E-state index contributed by atoms with van der Waals surface area (Å²) in [5.41, 5.74) is 5.17. The van der Waals surface area contributed by atoms with Crippen LogP contribution in [0, 0.1) is 5.92 Å². The van der Waals surface area contributed by atoms with Gasteiger partial charge in [0, 0.05) is 0 Å². The average molecular weight is 558 g/mol. The highest BCUT2D eigenvalue weighted by Crippen LogP contribution is 2.06. The van der Waals surface area contributed by atoms with Gasteiger partial charge in [0.2, 0.25) is 35.4 Å². The van der Waals surface area contributed by atoms with Crippen LogP contribution in [-0.4, -0.2) is 101 Å². The van der Waals surface area contributed by atoms with Gasteiger partial charge in [-0.2, -0.15) is 0 Å². The molecule has 220 valence electrons. The summed E-state index contributed by atoms with van der Waals surface area (Å²) >= 11 is 0. The van der Waals surface area contributed by atoms with Gasteiger partial charge in [0.05, 0.1) is 25.1 Å². The van der Waals surface area contributed by atoms with Crippen LogP contribution in [0.5, 0.6) is 0 Å². The quantitative estimate of drug-likeness (QED) is 0.0938. The first-order chi connectivity index (χ1) is 18.1. The van der Waals surface area contributed by atoms with Crippen LogP contribution in [0.25, 0.3) is 0 Å². The van der Waals surface area contributed by atoms with Crippen molar-refractivity contribution in [2.75, 3.05) is 13.1 Å². The van der Waals surface area contributed by atoms with E-state index in [-0.39, 0.29) is 0 Å². The van der Waals surface area contributed by atoms with Crippen molar-refractivity contribution in [2.45, 2.75) is 83.3 Å². The molecule has 16 heteroatoms. The van der Waals surface area contributed by atoms with E-state index in [0.717, 1.165) is 6.42 Å². The topological polar surface area (TPSA) is 258 Å². The molecule has 0 unspecified atom stereocenters. The molecule has 1 aliphatic rings. The molecule has 0 bridgehead atoms. The van der Waals surface area contributed by atoms with E-state index in [1.165, 1.54) is 13.8 Å². The van der Waals surface area contributed by atoms with Gasteiger partial charge >= 0.3 is 5.97 Å². The zero-order valence-corrected chi connectivity index (χ0v) is 22.4. The summed E-state index contributed by atoms with van der Waals surface area (Å²) in [6.45, 7) is 5.65. The zero-order chi connectivity index (χ0) is 29.9. The lowest BCUT2D eigenvalue weighted by atomic mass is 10.0. The second kappa shape index (κ2) is 15.6. The van der Waals surface area contributed by atoms with Crippen molar-refractivity contribution >= 4 is 41.4 Å². The minimum absolute atomic E-state index is 0.427. The van der Waals surface area contributed by atoms with E-state index in [1.807, 2.05) is 0 Å². The number of amides is 6. The van der Waals surface area contributed by atoms with Crippen molar-refractivity contribution in [3.8, 4) is 0 Å². The normalized spacial score (nSPS) is 18.6. The highest BCUT2D eigenvalue weighted by molar-refractivity contribution is 5.96. The third kappa shape index (κ3) is 11.2. The van der Waals surface area contributed by atoms with Crippen molar-refractivity contribution in [2.24, 2.45) is 11.7 Å². The maximum Gasteiger partial charge on any atom is 0.326 e. The van der Waals surface area contributed by atoms with Crippen LogP contribution in [0.2, 0.25) is 0 Å². The molecule has 0 aliphatic carbocycles. The fourth-order valence-corrected chi connectivity index (χ4v) is 3.67. The molecule has 0 spiro atoms. The molecule has 39 heavy (non-hydrogen) atoms. The lowest BCUT2D eigenvalue weighted by Crippen LogP contribution is -2.59. The number of carbonyl (C=O) groups excluding carboxylic acids is 6. The molecule has 0 aromatic heterocycles. The molecular weight excluding hydrogens is 518 g/mol. The fourth-order valence-electron chi connectivity index (χ4n) is 3.67. The Morgan fingerprint density at radius 3 is 2.03 bits per heavy atom. The fraction of sp³-hybridized carbons (Fsp3) is 0.696. The van der Waals surface area contributed by atoms with Crippen LogP contribution in [0.15, 0.2) is 0 Å². The molecule has 16 nitrogen and oxygen atoms in total. The molecule has 0 radical (unpaired) electrons. The molecule has 1 fully saturated rings. The van der Waals surface area contributed by atoms with Gasteiger partial charge < -0.3 is 47.8 Å². The molecule has 0 aromatic carbocycles. The van der Waals surface area contributed by atoms with Gasteiger partial charge in [-0.15, -0.1) is 0 Å². The predicted molar refractivity (Wildman–Crippen MR) is 135 cm³/mol. The van der Waals surface area contributed by atoms with E-state index in [2.05, 4.69) is 31.9 Å². The van der Waals surface area contributed by atoms with Crippen LogP contribution < -0.4 is 37.6 Å². The number of primary amides is 1. The minimum Gasteiger partial charge on any atom is -0.480 e. The molecule has 1 heterocycles. The average Bonchev–Trinajstić information content (AvgIpc) is 3.37. The van der Waals surface area contributed by atoms with Crippen LogP contribution in [-0.2, 0) is 33.6 Å². The van der Waals surface area contributed by atoms with Crippen LogP contribution in [0.3, 0.4) is 0 Å². The first-order valence-electron chi connectivity index (χ1n) is 12.5. The van der Waals surface area contributed by atoms with Crippen LogP contribution in [0.4, 0.5) is 0 Å². The largest absolute Gasteiger partial charge is 0.480 e. The number of aliphatic carboxylic acids is 1. The van der Waals surface area contributed by atoms with Gasteiger partial charge in [0.25, 0.3) is 0 Å². The highest BCUT2D eigenvalue weighted by atomic mass is 16.4. The van der Waals surface area contributed by atoms with E-state index < -0.39 is 96.6 Å². The summed E-state index contributed by atoms with van der Waals surface area (Å²) in [5.74, 6) is -6.51. The number of carboxylic acid groups (broad SMARTS) is 1. The smallest absolute Gasteiger partial charge is 0.326 e. The first-order valence-corrected chi connectivity index (χ1v) is 12.5. The minimum atomic E-state index is -1.53. The Kier molecular flexibility index (Phi) is 13.3. The molecule has 1 rings (SSSR count). The van der Waals surface area contributed by atoms with Crippen molar-refractivity contribution in [1.82, 2.24) is 31.9 Å². The summed E-state index contributed by atoms with van der Waals surface area (Å²) in [5, 5.41) is 33.6. The summed E-state index contributed by atoms with van der Waals surface area (Å²) in [6, 6.07) is -5.78. The number of carboxylic acids is 1. The number of nitrogens with two attached hydrogens (primary N) is 1. The number of hydrogen-bond acceptors (Lipinski definition) is 9. The summed E-state index contributed by atoms with van der Waals surface area (Å²) in [7, 11) is 0. The standard InChI is InChI=1S/C23H39N7O9/c1-10(2)17(23(38)39)30-19(34)11(3)27-22(37)18(12(4)31)29-16(33)9-26-20(35)14(8-15(24)32)28-21(36)13-6-5-7-25-13/h10-14,17-18,25,31H,5-9H2,1-4H3,(H2,24,32)(H,26,35)(H,27,37)(H,28,36)(H,29,33)(H,30,34)(H,38,39)/t11-,12+,13-,14-,17-,18-/m0/s1. The van der Waals surface area contributed by atoms with Crippen molar-refractivity contribution in [1.29, 1.82) is 0 Å². The molecular formula is C23H39N7O9. The Morgan fingerprint density at radius 2 is 1.54 bits per heavy atom. The molecule has 1 aliphatic heterocycles. The third-order valence-corrected chi connectivity index (χ3v) is 5.90. The molecule has 0 aromatic rings. The predicted octanol–water partition coefficient (Wildman–Crippen LogP) is -4.19. The van der Waals surface area contributed by atoms with Crippen molar-refractivity contribution < 1.29 is 43.8 Å². The van der Waals surface area contributed by atoms with E-state index in [4.69, 9.17) is 5.73 Å². The Morgan fingerprint density at radius 1 is 0.897 bits per heavy atom. The van der Waals surface area contributed by atoms with Gasteiger partial charge in [-0.05, 0) is 39.2 Å². The molecule has 0 saturated carbocycles. The second-order valence-electron chi connectivity index (χ2n) is 9.68. The maximum absolute atomic E-state index is 12.6. The maximum atomic E-state index is 12.6. The lowest BCUT2D eigenvalue weighted by molar-refractivity contribution is -0.143. The number of hydrogen-bond donors (Lipinski definition) is 9. The van der Waals surface area contributed by atoms with Crippen molar-refractivity contribution in [3.05, 3.63) is 0 Å². The number of rotatable bonds is 15. The van der Waals surface area contributed by atoms with E-state index in [9.17, 15) is 43.8 Å². The van der Waals surface area contributed by atoms with E-state index in [0.29, 0.717) is 13.0 Å². The van der Waals surface area contributed by atoms with Crippen molar-refractivity contribution in [3.63, 3.8) is 0 Å². The van der Waals surface area contributed by atoms with Gasteiger partial charge in [-0.3, -0.25) is 28.8 Å².